The molecule has 82 valence electrons. The zero-order valence-electron chi connectivity index (χ0n) is 9.22. The van der Waals surface area contributed by atoms with Gasteiger partial charge in [0, 0.05) is 29.8 Å². The van der Waals surface area contributed by atoms with Gasteiger partial charge in [-0.05, 0) is 36.4 Å². The van der Waals surface area contributed by atoms with Crippen LogP contribution in [-0.4, -0.2) is 7.05 Å². The second kappa shape index (κ2) is 4.14. The van der Waals surface area contributed by atoms with Crippen molar-refractivity contribution in [2.45, 2.75) is 0 Å². The maximum atomic E-state index is 5.75. The molecule has 0 unspecified atom stereocenters. The van der Waals surface area contributed by atoms with E-state index in [4.69, 9.17) is 11.5 Å². The highest BCUT2D eigenvalue weighted by Gasteiger charge is 2.03. The van der Waals surface area contributed by atoms with E-state index in [0.29, 0.717) is 0 Å². The van der Waals surface area contributed by atoms with Crippen molar-refractivity contribution in [1.82, 2.24) is 0 Å². The molecule has 3 heteroatoms. The van der Waals surface area contributed by atoms with Gasteiger partial charge in [0.2, 0.25) is 0 Å². The van der Waals surface area contributed by atoms with Crippen LogP contribution < -0.4 is 16.4 Å². The number of anilines is 4. The largest absolute Gasteiger partial charge is 0.399 e. The smallest absolute Gasteiger partial charge is 0.0428 e. The average Bonchev–Trinajstić information content (AvgIpc) is 2.28. The molecule has 0 bridgehead atoms. The van der Waals surface area contributed by atoms with Gasteiger partial charge in [-0.3, -0.25) is 0 Å². The van der Waals surface area contributed by atoms with Crippen LogP contribution in [0.4, 0.5) is 22.7 Å². The van der Waals surface area contributed by atoms with Gasteiger partial charge in [-0.15, -0.1) is 0 Å². The van der Waals surface area contributed by atoms with Gasteiger partial charge in [-0.25, -0.2) is 0 Å². The van der Waals surface area contributed by atoms with Crippen molar-refractivity contribution < 1.29 is 0 Å². The second-order valence-corrected chi connectivity index (χ2v) is 3.75. The molecule has 2 aromatic rings. The topological polar surface area (TPSA) is 55.3 Å². The van der Waals surface area contributed by atoms with Crippen LogP contribution in [0.2, 0.25) is 0 Å². The van der Waals surface area contributed by atoms with E-state index in [2.05, 4.69) is 0 Å². The van der Waals surface area contributed by atoms with E-state index in [1.165, 1.54) is 0 Å². The van der Waals surface area contributed by atoms with Crippen LogP contribution in [0.3, 0.4) is 0 Å². The Bertz CT molecular complexity index is 449. The standard InChI is InChI=1S/C13H15N3/c1-16(12-6-2-4-10(14)8-12)13-7-3-5-11(15)9-13/h2-9H,14-15H2,1H3. The highest BCUT2D eigenvalue weighted by molar-refractivity contribution is 5.68. The van der Waals surface area contributed by atoms with E-state index < -0.39 is 0 Å². The molecule has 0 atom stereocenters. The van der Waals surface area contributed by atoms with Gasteiger partial charge >= 0.3 is 0 Å². The molecule has 0 radical (unpaired) electrons. The Morgan fingerprint density at radius 2 is 1.25 bits per heavy atom. The Morgan fingerprint density at radius 3 is 1.62 bits per heavy atom. The lowest BCUT2D eigenvalue weighted by molar-refractivity contribution is 1.21. The Labute approximate surface area is 95.3 Å². The van der Waals surface area contributed by atoms with Crippen LogP contribution in [-0.2, 0) is 0 Å². The number of nitrogens with two attached hydrogens (primary N) is 2. The molecule has 16 heavy (non-hydrogen) atoms. The molecule has 3 nitrogen and oxygen atoms in total. The maximum absolute atomic E-state index is 5.75. The SMILES string of the molecule is CN(c1cccc(N)c1)c1cccc(N)c1. The summed E-state index contributed by atoms with van der Waals surface area (Å²) in [5, 5.41) is 0. The monoisotopic (exact) mass is 213 g/mol. The summed E-state index contributed by atoms with van der Waals surface area (Å²) in [5.41, 5.74) is 15.1. The number of hydrogen-bond acceptors (Lipinski definition) is 3. The molecule has 0 aliphatic heterocycles. The lowest BCUT2D eigenvalue weighted by Gasteiger charge is -2.20. The first kappa shape index (κ1) is 10.4. The van der Waals surface area contributed by atoms with E-state index in [1.54, 1.807) is 0 Å². The lowest BCUT2D eigenvalue weighted by atomic mass is 10.2. The van der Waals surface area contributed by atoms with E-state index in [-0.39, 0.29) is 0 Å². The van der Waals surface area contributed by atoms with E-state index in [9.17, 15) is 0 Å². The van der Waals surface area contributed by atoms with Gasteiger partial charge in [-0.2, -0.15) is 0 Å². The van der Waals surface area contributed by atoms with Crippen molar-refractivity contribution in [2.75, 3.05) is 23.4 Å². The van der Waals surface area contributed by atoms with E-state index in [0.717, 1.165) is 22.7 Å². The number of hydrogen-bond donors (Lipinski definition) is 2. The van der Waals surface area contributed by atoms with Gasteiger partial charge in [0.25, 0.3) is 0 Å². The molecule has 0 fully saturated rings. The fourth-order valence-corrected chi connectivity index (χ4v) is 1.62. The van der Waals surface area contributed by atoms with Gasteiger partial charge in [0.05, 0.1) is 0 Å². The summed E-state index contributed by atoms with van der Waals surface area (Å²) >= 11 is 0. The zero-order valence-corrected chi connectivity index (χ0v) is 9.22. The third kappa shape index (κ3) is 2.08. The Kier molecular flexibility index (Phi) is 2.68. The minimum atomic E-state index is 0.758. The van der Waals surface area contributed by atoms with Gasteiger partial charge in [-0.1, -0.05) is 12.1 Å². The van der Waals surface area contributed by atoms with Gasteiger partial charge in [0.15, 0.2) is 0 Å². The summed E-state index contributed by atoms with van der Waals surface area (Å²) in [6, 6.07) is 15.5. The van der Waals surface area contributed by atoms with Crippen LogP contribution in [0, 0.1) is 0 Å². The average molecular weight is 213 g/mol. The van der Waals surface area contributed by atoms with Crippen molar-refractivity contribution in [3.05, 3.63) is 48.5 Å². The quantitative estimate of drug-likeness (QED) is 0.754. The van der Waals surface area contributed by atoms with Crippen LogP contribution in [0.15, 0.2) is 48.5 Å². The highest BCUT2D eigenvalue weighted by atomic mass is 15.1. The molecule has 0 saturated carbocycles. The predicted octanol–water partition coefficient (Wildman–Crippen LogP) is 2.62. The molecule has 2 aromatic carbocycles. The summed E-state index contributed by atoms with van der Waals surface area (Å²) in [7, 11) is 1.99. The van der Waals surface area contributed by atoms with E-state index in [1.807, 2.05) is 60.5 Å². The first-order valence-corrected chi connectivity index (χ1v) is 5.11. The maximum Gasteiger partial charge on any atom is 0.0428 e. The summed E-state index contributed by atoms with van der Waals surface area (Å²) in [4.78, 5) is 2.05. The summed E-state index contributed by atoms with van der Waals surface area (Å²) in [6.07, 6.45) is 0. The first-order valence-electron chi connectivity index (χ1n) is 5.11. The molecule has 2 rings (SSSR count). The van der Waals surface area contributed by atoms with Crippen molar-refractivity contribution in [3.8, 4) is 0 Å². The lowest BCUT2D eigenvalue weighted by Crippen LogP contribution is -2.09. The van der Waals surface area contributed by atoms with Gasteiger partial charge < -0.3 is 16.4 Å². The number of nitrogen functional groups attached to an aromatic ring is 2. The molecule has 0 aliphatic rings. The molecule has 0 amide bonds. The van der Waals surface area contributed by atoms with E-state index >= 15 is 0 Å². The highest BCUT2D eigenvalue weighted by Crippen LogP contribution is 2.25. The van der Waals surface area contributed by atoms with Crippen LogP contribution >= 0.6 is 0 Å². The minimum Gasteiger partial charge on any atom is -0.399 e. The predicted molar refractivity (Wildman–Crippen MR) is 69.8 cm³/mol. The number of nitrogens with zero attached hydrogens (tertiary/aromatic N) is 1. The first-order chi connectivity index (χ1) is 7.66. The van der Waals surface area contributed by atoms with Crippen molar-refractivity contribution >= 4 is 22.7 Å². The van der Waals surface area contributed by atoms with Crippen LogP contribution in [0.25, 0.3) is 0 Å². The van der Waals surface area contributed by atoms with Crippen molar-refractivity contribution in [1.29, 1.82) is 0 Å². The minimum absolute atomic E-state index is 0.758. The molecular weight excluding hydrogens is 198 g/mol. The molecule has 0 saturated heterocycles. The normalized spacial score (nSPS) is 10.1. The summed E-state index contributed by atoms with van der Waals surface area (Å²) in [5.74, 6) is 0. The second-order valence-electron chi connectivity index (χ2n) is 3.75. The Balaban J connectivity index is 2.35. The molecular formula is C13H15N3. The fourth-order valence-electron chi connectivity index (χ4n) is 1.62. The van der Waals surface area contributed by atoms with Crippen molar-refractivity contribution in [3.63, 3.8) is 0 Å². The van der Waals surface area contributed by atoms with Crippen molar-refractivity contribution in [2.24, 2.45) is 0 Å². The molecule has 0 heterocycles. The molecule has 0 aromatic heterocycles. The Hall–Kier alpha value is -2.16. The number of benzene rings is 2. The molecule has 0 spiro atoms. The summed E-state index contributed by atoms with van der Waals surface area (Å²) < 4.78 is 0. The third-order valence-electron chi connectivity index (χ3n) is 2.52. The summed E-state index contributed by atoms with van der Waals surface area (Å²) in [6.45, 7) is 0. The van der Waals surface area contributed by atoms with Gasteiger partial charge in [0.1, 0.15) is 0 Å². The van der Waals surface area contributed by atoms with Crippen LogP contribution in [0.5, 0.6) is 0 Å². The molecule has 0 aliphatic carbocycles. The third-order valence-corrected chi connectivity index (χ3v) is 2.52. The Morgan fingerprint density at radius 1 is 0.812 bits per heavy atom. The fraction of sp³-hybridized carbons (Fsp3) is 0.0769. The number of rotatable bonds is 2. The zero-order chi connectivity index (χ0) is 11.5. The van der Waals surface area contributed by atoms with Crippen LogP contribution in [0.1, 0.15) is 0 Å². The molecule has 4 N–H and O–H groups in total.